The second kappa shape index (κ2) is 18.1. The number of hydrogen-bond donors (Lipinski definition) is 3. The lowest BCUT2D eigenvalue weighted by atomic mass is 9.68. The van der Waals surface area contributed by atoms with Crippen molar-refractivity contribution in [1.82, 2.24) is 10.2 Å². The third kappa shape index (κ3) is 8.27. The van der Waals surface area contributed by atoms with E-state index in [-0.39, 0.29) is 35.3 Å². The number of rotatable bonds is 11. The number of fused-ring (bicyclic) bond motifs is 3. The number of carbonyl (C=O) groups excluding carboxylic acids is 3. The molecule has 0 bridgehead atoms. The Hall–Kier alpha value is -6.15. The molecule has 8 heteroatoms. The molecule has 0 radical (unpaired) electrons. The second-order valence-corrected chi connectivity index (χ2v) is 17.6. The van der Waals surface area contributed by atoms with Gasteiger partial charge in [0.2, 0.25) is 11.8 Å². The highest BCUT2D eigenvalue weighted by Crippen LogP contribution is 2.51. The Kier molecular flexibility index (Phi) is 12.0. The minimum atomic E-state index is -0.624. The molecule has 9 rings (SSSR count). The number of aromatic hydroxyl groups is 1. The SMILES string of the molecule is CC/C(=C(\c1ccc(O)cc1)c1ccc(OCCCC2Nc3ccc(-c4ccc5c(c4)CN(C4CCC(=O)NC4=O)C5=O)cc3C23CCCCCCCC3)cc1)c1ccccc1. The number of phenols is 1. The highest BCUT2D eigenvalue weighted by molar-refractivity contribution is 6.05. The summed E-state index contributed by atoms with van der Waals surface area (Å²) in [5, 5.41) is 16.5. The lowest BCUT2D eigenvalue weighted by Gasteiger charge is -2.36. The van der Waals surface area contributed by atoms with Gasteiger partial charge in [-0.2, -0.15) is 0 Å². The molecule has 318 valence electrons. The molecule has 2 unspecified atom stereocenters. The fourth-order valence-electron chi connectivity index (χ4n) is 10.7. The number of ether oxygens (including phenoxy) is 1. The van der Waals surface area contributed by atoms with Crippen LogP contribution in [0.15, 0.2) is 115 Å². The summed E-state index contributed by atoms with van der Waals surface area (Å²) in [4.78, 5) is 39.5. The molecule has 3 aliphatic heterocycles. The normalized spacial score (nSPS) is 20.0. The Morgan fingerprint density at radius 1 is 0.774 bits per heavy atom. The minimum Gasteiger partial charge on any atom is -0.508 e. The van der Waals surface area contributed by atoms with Crippen molar-refractivity contribution >= 4 is 34.6 Å². The molecule has 2 atom stereocenters. The highest BCUT2D eigenvalue weighted by Gasteiger charge is 2.46. The van der Waals surface area contributed by atoms with Gasteiger partial charge in [-0.15, -0.1) is 0 Å². The fourth-order valence-corrected chi connectivity index (χ4v) is 10.7. The van der Waals surface area contributed by atoms with Crippen LogP contribution < -0.4 is 15.4 Å². The van der Waals surface area contributed by atoms with Gasteiger partial charge >= 0.3 is 0 Å². The van der Waals surface area contributed by atoms with Gasteiger partial charge in [0.05, 0.1) is 6.61 Å². The molecule has 4 aliphatic rings. The van der Waals surface area contributed by atoms with E-state index < -0.39 is 6.04 Å². The number of phenolic OH excluding ortho intramolecular Hbond substituents is 1. The van der Waals surface area contributed by atoms with Gasteiger partial charge in [0.15, 0.2) is 0 Å². The van der Waals surface area contributed by atoms with Gasteiger partial charge in [-0.3, -0.25) is 19.7 Å². The number of imide groups is 1. The predicted molar refractivity (Wildman–Crippen MR) is 246 cm³/mol. The molecule has 8 nitrogen and oxygen atoms in total. The maximum atomic E-state index is 13.4. The minimum absolute atomic E-state index is 0.0271. The molecular formula is C54H57N3O5. The van der Waals surface area contributed by atoms with Gasteiger partial charge in [0.25, 0.3) is 5.91 Å². The fraction of sp³-hybridized carbons (Fsp3) is 0.352. The molecule has 3 heterocycles. The molecule has 62 heavy (non-hydrogen) atoms. The van der Waals surface area contributed by atoms with E-state index in [9.17, 15) is 19.5 Å². The molecule has 1 aliphatic carbocycles. The number of allylic oxidation sites excluding steroid dienone is 1. The van der Waals surface area contributed by atoms with Crippen molar-refractivity contribution in [2.45, 2.75) is 114 Å². The quantitative estimate of drug-likeness (QED) is 0.0695. The first-order valence-electron chi connectivity index (χ1n) is 22.8. The number of carbonyl (C=O) groups is 3. The molecule has 3 N–H and O–H groups in total. The number of nitrogens with zero attached hydrogens (tertiary/aromatic N) is 1. The van der Waals surface area contributed by atoms with E-state index in [1.165, 1.54) is 60.9 Å². The Balaban J connectivity index is 0.910. The predicted octanol–water partition coefficient (Wildman–Crippen LogP) is 11.2. The second-order valence-electron chi connectivity index (χ2n) is 17.6. The van der Waals surface area contributed by atoms with Crippen LogP contribution in [0.25, 0.3) is 22.3 Å². The van der Waals surface area contributed by atoms with Crippen molar-refractivity contribution in [1.29, 1.82) is 0 Å². The molecule has 3 amide bonds. The number of amides is 3. The van der Waals surface area contributed by atoms with E-state index in [0.717, 1.165) is 71.2 Å². The summed E-state index contributed by atoms with van der Waals surface area (Å²) in [6, 6.07) is 39.1. The van der Waals surface area contributed by atoms with Gasteiger partial charge < -0.3 is 20.1 Å². The maximum Gasteiger partial charge on any atom is 0.255 e. The lowest BCUT2D eigenvalue weighted by molar-refractivity contribution is -0.136. The first-order chi connectivity index (χ1) is 30.3. The van der Waals surface area contributed by atoms with Crippen molar-refractivity contribution in [3.63, 3.8) is 0 Å². The zero-order valence-electron chi connectivity index (χ0n) is 35.8. The van der Waals surface area contributed by atoms with Crippen molar-refractivity contribution < 1.29 is 24.2 Å². The number of piperidine rings is 1. The van der Waals surface area contributed by atoms with Gasteiger partial charge in [0.1, 0.15) is 17.5 Å². The first kappa shape index (κ1) is 41.2. The summed E-state index contributed by atoms with van der Waals surface area (Å²) in [5.41, 5.74) is 12.2. The summed E-state index contributed by atoms with van der Waals surface area (Å²) in [6.45, 7) is 3.19. The average molecular weight is 828 g/mol. The maximum absolute atomic E-state index is 13.4. The molecule has 2 fully saturated rings. The van der Waals surface area contributed by atoms with Gasteiger partial charge in [-0.25, -0.2) is 0 Å². The largest absolute Gasteiger partial charge is 0.508 e. The Bertz CT molecular complexity index is 2460. The Morgan fingerprint density at radius 3 is 2.16 bits per heavy atom. The molecule has 1 spiro atoms. The molecule has 5 aromatic rings. The number of hydrogen-bond acceptors (Lipinski definition) is 6. The zero-order valence-corrected chi connectivity index (χ0v) is 35.8. The summed E-state index contributed by atoms with van der Waals surface area (Å²) in [6.07, 6.45) is 13.3. The van der Waals surface area contributed by atoms with E-state index in [1.54, 1.807) is 17.0 Å². The van der Waals surface area contributed by atoms with Crippen LogP contribution in [-0.4, -0.2) is 46.4 Å². The average Bonchev–Trinajstić information content (AvgIpc) is 3.82. The summed E-state index contributed by atoms with van der Waals surface area (Å²) < 4.78 is 6.45. The van der Waals surface area contributed by atoms with Crippen LogP contribution in [0, 0.1) is 0 Å². The summed E-state index contributed by atoms with van der Waals surface area (Å²) in [5.74, 6) is 0.304. The summed E-state index contributed by atoms with van der Waals surface area (Å²) >= 11 is 0. The van der Waals surface area contributed by atoms with E-state index in [1.807, 2.05) is 30.3 Å². The molecule has 0 aromatic heterocycles. The molecule has 1 saturated carbocycles. The van der Waals surface area contributed by atoms with E-state index >= 15 is 0 Å². The van der Waals surface area contributed by atoms with Crippen molar-refractivity contribution in [2.24, 2.45) is 0 Å². The van der Waals surface area contributed by atoms with Crippen LogP contribution in [0.3, 0.4) is 0 Å². The molecule has 5 aromatic carbocycles. The van der Waals surface area contributed by atoms with Crippen LogP contribution in [0.4, 0.5) is 5.69 Å². The van der Waals surface area contributed by atoms with Crippen LogP contribution in [0.1, 0.15) is 129 Å². The van der Waals surface area contributed by atoms with Crippen LogP contribution in [-0.2, 0) is 21.5 Å². The Morgan fingerprint density at radius 2 is 1.45 bits per heavy atom. The van der Waals surface area contributed by atoms with Crippen LogP contribution >= 0.6 is 0 Å². The van der Waals surface area contributed by atoms with E-state index in [0.29, 0.717) is 31.2 Å². The van der Waals surface area contributed by atoms with Crippen molar-refractivity contribution in [3.05, 3.63) is 149 Å². The lowest BCUT2D eigenvalue weighted by Crippen LogP contribution is -2.52. The monoisotopic (exact) mass is 827 g/mol. The van der Waals surface area contributed by atoms with Gasteiger partial charge in [0, 0.05) is 35.7 Å². The van der Waals surface area contributed by atoms with Crippen LogP contribution in [0.5, 0.6) is 11.5 Å². The van der Waals surface area contributed by atoms with Crippen molar-refractivity contribution in [3.8, 4) is 22.6 Å². The smallest absolute Gasteiger partial charge is 0.255 e. The number of anilines is 1. The molecule has 1 saturated heterocycles. The summed E-state index contributed by atoms with van der Waals surface area (Å²) in [7, 11) is 0. The highest BCUT2D eigenvalue weighted by atomic mass is 16.5. The molecular weight excluding hydrogens is 771 g/mol. The number of nitrogens with one attached hydrogen (secondary N) is 2. The third-order valence-electron chi connectivity index (χ3n) is 13.9. The topological polar surface area (TPSA) is 108 Å². The van der Waals surface area contributed by atoms with E-state index in [4.69, 9.17) is 4.74 Å². The third-order valence-corrected chi connectivity index (χ3v) is 13.9. The number of benzene rings is 5. The first-order valence-corrected chi connectivity index (χ1v) is 22.8. The van der Waals surface area contributed by atoms with Gasteiger partial charge in [-0.1, -0.05) is 112 Å². The standard InChI is InChI=1S/C54H57N3O5/c1-2-44(36-13-8-7-9-14-36)51(37-16-22-42(58)23-17-37)38-18-24-43(25-19-38)62-32-12-15-49-54(30-10-5-3-4-6-11-31-54)46-34-40(21-27-47(46)55-49)39-20-26-45-41(33-39)35-57(53(45)61)48-28-29-50(59)56-52(48)60/h7-9,13-14,16-27,33-34,48-49,55,58H,2-6,10-12,15,28-32,35H2,1H3,(H,56,59,60)/b51-44-. The van der Waals surface area contributed by atoms with Crippen LogP contribution in [0.2, 0.25) is 0 Å². The Labute approximate surface area is 365 Å². The van der Waals surface area contributed by atoms with Crippen molar-refractivity contribution in [2.75, 3.05) is 11.9 Å². The zero-order chi connectivity index (χ0) is 42.6. The van der Waals surface area contributed by atoms with E-state index in [2.05, 4.69) is 90.4 Å². The van der Waals surface area contributed by atoms with Gasteiger partial charge in [-0.05, 0) is 137 Å².